The van der Waals surface area contributed by atoms with Crippen molar-refractivity contribution in [2.45, 2.75) is 39.8 Å². The summed E-state index contributed by atoms with van der Waals surface area (Å²) in [7, 11) is 0. The van der Waals surface area contributed by atoms with Crippen molar-refractivity contribution in [1.82, 2.24) is 5.32 Å². The number of fused-ring (bicyclic) bond motifs is 1. The van der Waals surface area contributed by atoms with Gasteiger partial charge in [0.15, 0.2) is 11.5 Å². The Morgan fingerprint density at radius 1 is 1.24 bits per heavy atom. The molecule has 3 heteroatoms. The Bertz CT molecular complexity index is 376. The Morgan fingerprint density at radius 3 is 2.82 bits per heavy atom. The molecule has 1 atom stereocenters. The molecule has 0 saturated carbocycles. The average molecular weight is 235 g/mol. The zero-order chi connectivity index (χ0) is 12.3. The molecule has 1 aromatic carbocycles. The van der Waals surface area contributed by atoms with E-state index in [9.17, 15) is 0 Å². The molecule has 0 fully saturated rings. The number of ether oxygens (including phenoxy) is 2. The van der Waals surface area contributed by atoms with Crippen LogP contribution in [0.15, 0.2) is 18.2 Å². The fourth-order valence-corrected chi connectivity index (χ4v) is 2.20. The number of nitrogens with one attached hydrogen (secondary N) is 1. The Morgan fingerprint density at radius 2 is 2.06 bits per heavy atom. The van der Waals surface area contributed by atoms with Crippen LogP contribution in [0, 0.1) is 5.92 Å². The maximum atomic E-state index is 5.48. The van der Waals surface area contributed by atoms with E-state index in [1.165, 1.54) is 12.0 Å². The molecule has 2 rings (SSSR count). The van der Waals surface area contributed by atoms with Gasteiger partial charge in [0.05, 0.1) is 0 Å². The number of hydrogen-bond donors (Lipinski definition) is 1. The lowest BCUT2D eigenvalue weighted by atomic mass is 10.0. The third-order valence-corrected chi connectivity index (χ3v) is 2.94. The highest BCUT2D eigenvalue weighted by molar-refractivity contribution is 5.48. The van der Waals surface area contributed by atoms with E-state index in [0.29, 0.717) is 12.8 Å². The SMILES string of the molecule is CC(C)CC(C)NCc1cccc2c1OCO2. The standard InChI is InChI=1S/C14H21NO2/c1-10(2)7-11(3)15-8-12-5-4-6-13-14(12)17-9-16-13/h4-6,10-11,15H,7-9H2,1-3H3. The van der Waals surface area contributed by atoms with Gasteiger partial charge in [-0.3, -0.25) is 0 Å². The average Bonchev–Trinajstić information content (AvgIpc) is 2.73. The highest BCUT2D eigenvalue weighted by Crippen LogP contribution is 2.35. The molecule has 0 bridgehead atoms. The predicted molar refractivity (Wildman–Crippen MR) is 68.3 cm³/mol. The molecular formula is C14H21NO2. The van der Waals surface area contributed by atoms with Crippen molar-refractivity contribution in [3.8, 4) is 11.5 Å². The van der Waals surface area contributed by atoms with Gasteiger partial charge in [-0.05, 0) is 25.3 Å². The van der Waals surface area contributed by atoms with Gasteiger partial charge in [-0.25, -0.2) is 0 Å². The van der Waals surface area contributed by atoms with E-state index < -0.39 is 0 Å². The third-order valence-electron chi connectivity index (χ3n) is 2.94. The zero-order valence-corrected chi connectivity index (χ0v) is 10.8. The minimum atomic E-state index is 0.341. The summed E-state index contributed by atoms with van der Waals surface area (Å²) in [5, 5.41) is 3.52. The van der Waals surface area contributed by atoms with Gasteiger partial charge in [0.25, 0.3) is 0 Å². The van der Waals surface area contributed by atoms with Crippen molar-refractivity contribution in [3.05, 3.63) is 23.8 Å². The van der Waals surface area contributed by atoms with Crippen LogP contribution in [0.5, 0.6) is 11.5 Å². The molecule has 1 unspecified atom stereocenters. The molecule has 1 aromatic rings. The fraction of sp³-hybridized carbons (Fsp3) is 0.571. The first-order valence-corrected chi connectivity index (χ1v) is 6.27. The van der Waals surface area contributed by atoms with Gasteiger partial charge in [0.1, 0.15) is 0 Å². The molecule has 0 amide bonds. The second-order valence-electron chi connectivity index (χ2n) is 5.06. The molecule has 0 aliphatic carbocycles. The monoisotopic (exact) mass is 235 g/mol. The summed E-state index contributed by atoms with van der Waals surface area (Å²) in [6.45, 7) is 7.89. The summed E-state index contributed by atoms with van der Waals surface area (Å²) >= 11 is 0. The molecule has 0 spiro atoms. The summed E-state index contributed by atoms with van der Waals surface area (Å²) < 4.78 is 10.8. The van der Waals surface area contributed by atoms with E-state index in [1.807, 2.05) is 12.1 Å². The molecular weight excluding hydrogens is 214 g/mol. The second-order valence-corrected chi connectivity index (χ2v) is 5.06. The van der Waals surface area contributed by atoms with Crippen LogP contribution >= 0.6 is 0 Å². The number of benzene rings is 1. The topological polar surface area (TPSA) is 30.5 Å². The Kier molecular flexibility index (Phi) is 3.89. The van der Waals surface area contributed by atoms with Gasteiger partial charge in [0.2, 0.25) is 6.79 Å². The van der Waals surface area contributed by atoms with E-state index in [1.54, 1.807) is 0 Å². The Labute approximate surface area is 103 Å². The first-order chi connectivity index (χ1) is 8.16. The predicted octanol–water partition coefficient (Wildman–Crippen LogP) is 2.94. The van der Waals surface area contributed by atoms with Crippen molar-refractivity contribution in [3.63, 3.8) is 0 Å². The van der Waals surface area contributed by atoms with E-state index in [0.717, 1.165) is 24.0 Å². The lowest BCUT2D eigenvalue weighted by Crippen LogP contribution is -2.26. The van der Waals surface area contributed by atoms with Crippen LogP contribution in [0.2, 0.25) is 0 Å². The summed E-state index contributed by atoms with van der Waals surface area (Å²) in [5.41, 5.74) is 1.18. The molecule has 0 aromatic heterocycles. The molecule has 0 saturated heterocycles. The van der Waals surface area contributed by atoms with Crippen molar-refractivity contribution in [2.24, 2.45) is 5.92 Å². The van der Waals surface area contributed by atoms with E-state index in [2.05, 4.69) is 32.2 Å². The molecule has 1 aliphatic heterocycles. The van der Waals surface area contributed by atoms with Crippen molar-refractivity contribution in [2.75, 3.05) is 6.79 Å². The summed E-state index contributed by atoms with van der Waals surface area (Å²) in [5.74, 6) is 2.48. The van der Waals surface area contributed by atoms with E-state index in [4.69, 9.17) is 9.47 Å². The summed E-state index contributed by atoms with van der Waals surface area (Å²) in [4.78, 5) is 0. The van der Waals surface area contributed by atoms with Crippen LogP contribution in [0.3, 0.4) is 0 Å². The highest BCUT2D eigenvalue weighted by Gasteiger charge is 2.17. The van der Waals surface area contributed by atoms with Crippen molar-refractivity contribution >= 4 is 0 Å². The molecule has 0 radical (unpaired) electrons. The van der Waals surface area contributed by atoms with Gasteiger partial charge in [-0.1, -0.05) is 26.0 Å². The molecule has 1 heterocycles. The first kappa shape index (κ1) is 12.2. The van der Waals surface area contributed by atoms with Crippen LogP contribution in [0.25, 0.3) is 0 Å². The first-order valence-electron chi connectivity index (χ1n) is 6.27. The van der Waals surface area contributed by atoms with Gasteiger partial charge in [-0.2, -0.15) is 0 Å². The minimum absolute atomic E-state index is 0.341. The molecule has 3 nitrogen and oxygen atoms in total. The second kappa shape index (κ2) is 5.41. The zero-order valence-electron chi connectivity index (χ0n) is 10.8. The Balaban J connectivity index is 1.93. The molecule has 94 valence electrons. The van der Waals surface area contributed by atoms with Crippen LogP contribution in [-0.4, -0.2) is 12.8 Å². The lowest BCUT2D eigenvalue weighted by Gasteiger charge is -2.16. The number of hydrogen-bond acceptors (Lipinski definition) is 3. The smallest absolute Gasteiger partial charge is 0.231 e. The van der Waals surface area contributed by atoms with Gasteiger partial charge >= 0.3 is 0 Å². The normalized spacial score (nSPS) is 15.3. The summed E-state index contributed by atoms with van der Waals surface area (Å²) in [6.07, 6.45) is 1.19. The van der Waals surface area contributed by atoms with Gasteiger partial charge < -0.3 is 14.8 Å². The van der Waals surface area contributed by atoms with E-state index >= 15 is 0 Å². The molecule has 1 N–H and O–H groups in total. The maximum absolute atomic E-state index is 5.48. The van der Waals surface area contributed by atoms with Crippen LogP contribution in [-0.2, 0) is 6.54 Å². The largest absolute Gasteiger partial charge is 0.454 e. The number of para-hydroxylation sites is 1. The van der Waals surface area contributed by atoms with Gasteiger partial charge in [0, 0.05) is 18.2 Å². The summed E-state index contributed by atoms with van der Waals surface area (Å²) in [6, 6.07) is 6.57. The molecule has 17 heavy (non-hydrogen) atoms. The minimum Gasteiger partial charge on any atom is -0.454 e. The highest BCUT2D eigenvalue weighted by atomic mass is 16.7. The van der Waals surface area contributed by atoms with E-state index in [-0.39, 0.29) is 0 Å². The quantitative estimate of drug-likeness (QED) is 0.851. The van der Waals surface area contributed by atoms with Crippen LogP contribution in [0.1, 0.15) is 32.8 Å². The Hall–Kier alpha value is -1.22. The van der Waals surface area contributed by atoms with Crippen LogP contribution < -0.4 is 14.8 Å². The number of rotatable bonds is 5. The van der Waals surface area contributed by atoms with Gasteiger partial charge in [-0.15, -0.1) is 0 Å². The fourth-order valence-electron chi connectivity index (χ4n) is 2.20. The van der Waals surface area contributed by atoms with Crippen molar-refractivity contribution in [1.29, 1.82) is 0 Å². The third kappa shape index (κ3) is 3.13. The van der Waals surface area contributed by atoms with Crippen LogP contribution in [0.4, 0.5) is 0 Å². The maximum Gasteiger partial charge on any atom is 0.231 e. The lowest BCUT2D eigenvalue weighted by molar-refractivity contribution is 0.173. The molecule has 1 aliphatic rings. The van der Waals surface area contributed by atoms with Crippen molar-refractivity contribution < 1.29 is 9.47 Å².